The molecule has 1 N–H and O–H groups in total. The minimum absolute atomic E-state index is 0.116. The SMILES string of the molecule is Cc1ccc(-n2cc(C(=O)Nc3ccc(C)cc3F)nn2)cc1. The van der Waals surface area contributed by atoms with E-state index in [9.17, 15) is 9.18 Å². The lowest BCUT2D eigenvalue weighted by atomic mass is 10.2. The first-order valence-corrected chi connectivity index (χ1v) is 7.10. The maximum atomic E-state index is 13.8. The molecule has 0 saturated carbocycles. The quantitative estimate of drug-likeness (QED) is 0.807. The molecule has 0 atom stereocenters. The van der Waals surface area contributed by atoms with Gasteiger partial charge in [0.2, 0.25) is 0 Å². The number of nitrogens with zero attached hydrogens (tertiary/aromatic N) is 3. The molecule has 3 aromatic rings. The van der Waals surface area contributed by atoms with Crippen LogP contribution >= 0.6 is 0 Å². The van der Waals surface area contributed by atoms with Gasteiger partial charge in [0.25, 0.3) is 5.91 Å². The molecule has 1 aromatic heterocycles. The minimum Gasteiger partial charge on any atom is -0.318 e. The van der Waals surface area contributed by atoms with Gasteiger partial charge in [0.1, 0.15) is 5.82 Å². The van der Waals surface area contributed by atoms with Gasteiger partial charge in [-0.15, -0.1) is 5.10 Å². The van der Waals surface area contributed by atoms with Crippen LogP contribution in [0.15, 0.2) is 48.7 Å². The van der Waals surface area contributed by atoms with Crippen LogP contribution in [0.4, 0.5) is 10.1 Å². The number of amides is 1. The van der Waals surface area contributed by atoms with E-state index >= 15 is 0 Å². The lowest BCUT2D eigenvalue weighted by molar-refractivity contribution is 0.102. The number of aryl methyl sites for hydroxylation is 2. The maximum Gasteiger partial charge on any atom is 0.277 e. The second-order valence-corrected chi connectivity index (χ2v) is 5.32. The zero-order valence-corrected chi connectivity index (χ0v) is 12.7. The number of carbonyl (C=O) groups excluding carboxylic acids is 1. The predicted molar refractivity (Wildman–Crippen MR) is 85.2 cm³/mol. The van der Waals surface area contributed by atoms with E-state index in [0.717, 1.165) is 16.8 Å². The van der Waals surface area contributed by atoms with E-state index in [2.05, 4.69) is 15.6 Å². The van der Waals surface area contributed by atoms with Gasteiger partial charge in [0, 0.05) is 0 Å². The molecule has 0 spiro atoms. The van der Waals surface area contributed by atoms with Crippen molar-refractivity contribution in [2.24, 2.45) is 0 Å². The van der Waals surface area contributed by atoms with E-state index in [-0.39, 0.29) is 11.4 Å². The van der Waals surface area contributed by atoms with Crippen LogP contribution in [0.5, 0.6) is 0 Å². The first-order valence-electron chi connectivity index (χ1n) is 7.10. The number of halogens is 1. The van der Waals surface area contributed by atoms with E-state index in [4.69, 9.17) is 0 Å². The van der Waals surface area contributed by atoms with Crippen molar-refractivity contribution in [1.29, 1.82) is 0 Å². The maximum absolute atomic E-state index is 13.8. The largest absolute Gasteiger partial charge is 0.318 e. The van der Waals surface area contributed by atoms with Crippen molar-refractivity contribution in [3.63, 3.8) is 0 Å². The Hall–Kier alpha value is -3.02. The molecule has 0 bridgehead atoms. The molecule has 1 heterocycles. The van der Waals surface area contributed by atoms with Gasteiger partial charge in [-0.25, -0.2) is 9.07 Å². The fourth-order valence-corrected chi connectivity index (χ4v) is 2.10. The Kier molecular flexibility index (Phi) is 3.89. The summed E-state index contributed by atoms with van der Waals surface area (Å²) in [6, 6.07) is 12.3. The Balaban J connectivity index is 1.79. The average Bonchev–Trinajstić information content (AvgIpc) is 3.01. The molecular weight excluding hydrogens is 295 g/mol. The molecule has 1 amide bonds. The van der Waals surface area contributed by atoms with Crippen LogP contribution < -0.4 is 5.32 Å². The first-order chi connectivity index (χ1) is 11.0. The first kappa shape index (κ1) is 14.9. The number of anilines is 1. The minimum atomic E-state index is -0.508. The summed E-state index contributed by atoms with van der Waals surface area (Å²) < 4.78 is 15.3. The fraction of sp³-hybridized carbons (Fsp3) is 0.118. The smallest absolute Gasteiger partial charge is 0.277 e. The van der Waals surface area contributed by atoms with Crippen molar-refractivity contribution in [1.82, 2.24) is 15.0 Å². The molecule has 0 saturated heterocycles. The highest BCUT2D eigenvalue weighted by atomic mass is 19.1. The monoisotopic (exact) mass is 310 g/mol. The summed E-state index contributed by atoms with van der Waals surface area (Å²) in [5.41, 5.74) is 2.94. The van der Waals surface area contributed by atoms with Crippen molar-refractivity contribution in [3.8, 4) is 5.69 Å². The topological polar surface area (TPSA) is 59.8 Å². The Morgan fingerprint density at radius 1 is 1.09 bits per heavy atom. The second kappa shape index (κ2) is 6.00. The van der Waals surface area contributed by atoms with Gasteiger partial charge in [-0.3, -0.25) is 4.79 Å². The van der Waals surface area contributed by atoms with Gasteiger partial charge in [-0.1, -0.05) is 29.0 Å². The number of benzene rings is 2. The molecule has 116 valence electrons. The van der Waals surface area contributed by atoms with E-state index in [1.807, 2.05) is 31.2 Å². The number of rotatable bonds is 3. The van der Waals surface area contributed by atoms with Gasteiger partial charge < -0.3 is 5.32 Å². The Morgan fingerprint density at radius 3 is 2.48 bits per heavy atom. The van der Waals surface area contributed by atoms with Gasteiger partial charge in [-0.05, 0) is 43.7 Å². The van der Waals surface area contributed by atoms with Crippen LogP contribution in [-0.2, 0) is 0 Å². The van der Waals surface area contributed by atoms with Crippen LogP contribution in [0.25, 0.3) is 5.69 Å². The number of hydrogen-bond donors (Lipinski definition) is 1. The highest BCUT2D eigenvalue weighted by molar-refractivity contribution is 6.02. The summed E-state index contributed by atoms with van der Waals surface area (Å²) in [6.07, 6.45) is 1.51. The predicted octanol–water partition coefficient (Wildman–Crippen LogP) is 3.28. The van der Waals surface area contributed by atoms with Crippen LogP contribution in [0.3, 0.4) is 0 Å². The third-order valence-corrected chi connectivity index (χ3v) is 3.40. The van der Waals surface area contributed by atoms with E-state index in [0.29, 0.717) is 0 Å². The summed E-state index contributed by atoms with van der Waals surface area (Å²) in [5.74, 6) is -0.990. The second-order valence-electron chi connectivity index (χ2n) is 5.32. The molecule has 2 aromatic carbocycles. The standard InChI is InChI=1S/C17H15FN4O/c1-11-3-6-13(7-4-11)22-10-16(20-21-22)17(23)19-15-8-5-12(2)9-14(15)18/h3-10H,1-2H3,(H,19,23). The molecule has 0 aliphatic rings. The Morgan fingerprint density at radius 2 is 1.78 bits per heavy atom. The van der Waals surface area contributed by atoms with Gasteiger partial charge in [-0.2, -0.15) is 0 Å². The zero-order chi connectivity index (χ0) is 16.4. The van der Waals surface area contributed by atoms with Crippen LogP contribution in [0, 0.1) is 19.7 Å². The van der Waals surface area contributed by atoms with Crippen molar-refractivity contribution < 1.29 is 9.18 Å². The van der Waals surface area contributed by atoms with Gasteiger partial charge in [0.15, 0.2) is 5.69 Å². The van der Waals surface area contributed by atoms with Crippen molar-refractivity contribution in [2.75, 3.05) is 5.32 Å². The summed E-state index contributed by atoms with van der Waals surface area (Å²) in [6.45, 7) is 3.77. The lowest BCUT2D eigenvalue weighted by Crippen LogP contribution is -2.13. The molecule has 0 aliphatic carbocycles. The van der Waals surface area contributed by atoms with Crippen molar-refractivity contribution >= 4 is 11.6 Å². The van der Waals surface area contributed by atoms with Gasteiger partial charge >= 0.3 is 0 Å². The highest BCUT2D eigenvalue weighted by Crippen LogP contribution is 2.16. The fourth-order valence-electron chi connectivity index (χ4n) is 2.10. The van der Waals surface area contributed by atoms with E-state index in [1.165, 1.54) is 23.0 Å². The Labute approximate surface area is 132 Å². The summed E-state index contributed by atoms with van der Waals surface area (Å²) >= 11 is 0. The van der Waals surface area contributed by atoms with Crippen molar-refractivity contribution in [2.45, 2.75) is 13.8 Å². The molecule has 5 nitrogen and oxygen atoms in total. The molecule has 23 heavy (non-hydrogen) atoms. The number of nitrogens with one attached hydrogen (secondary N) is 1. The summed E-state index contributed by atoms with van der Waals surface area (Å²) in [4.78, 5) is 12.2. The van der Waals surface area contributed by atoms with Crippen LogP contribution in [0.2, 0.25) is 0 Å². The van der Waals surface area contributed by atoms with Crippen LogP contribution in [-0.4, -0.2) is 20.9 Å². The molecule has 0 unspecified atom stereocenters. The summed E-state index contributed by atoms with van der Waals surface area (Å²) in [7, 11) is 0. The Bertz CT molecular complexity index is 855. The third kappa shape index (κ3) is 3.26. The number of carbonyl (C=O) groups is 1. The molecule has 0 fully saturated rings. The average molecular weight is 310 g/mol. The highest BCUT2D eigenvalue weighted by Gasteiger charge is 2.13. The number of hydrogen-bond acceptors (Lipinski definition) is 3. The molecular formula is C17H15FN4O. The summed E-state index contributed by atoms with van der Waals surface area (Å²) in [5, 5.41) is 10.3. The number of aromatic nitrogens is 3. The molecule has 6 heteroatoms. The molecule has 3 rings (SSSR count). The van der Waals surface area contributed by atoms with Crippen molar-refractivity contribution in [3.05, 3.63) is 71.3 Å². The normalized spacial score (nSPS) is 10.6. The van der Waals surface area contributed by atoms with E-state index < -0.39 is 11.7 Å². The van der Waals surface area contributed by atoms with Gasteiger partial charge in [0.05, 0.1) is 17.6 Å². The zero-order valence-electron chi connectivity index (χ0n) is 12.7. The molecule has 0 radical (unpaired) electrons. The van der Waals surface area contributed by atoms with Crippen LogP contribution in [0.1, 0.15) is 21.6 Å². The lowest BCUT2D eigenvalue weighted by Gasteiger charge is -2.05. The third-order valence-electron chi connectivity index (χ3n) is 3.40. The van der Waals surface area contributed by atoms with E-state index in [1.54, 1.807) is 13.0 Å². The molecule has 0 aliphatic heterocycles.